The number of nitriles is 1. The highest BCUT2D eigenvalue weighted by molar-refractivity contribution is 5.78. The van der Waals surface area contributed by atoms with Crippen molar-refractivity contribution in [1.29, 1.82) is 5.26 Å². The van der Waals surface area contributed by atoms with Crippen molar-refractivity contribution in [2.75, 3.05) is 13.1 Å². The summed E-state index contributed by atoms with van der Waals surface area (Å²) in [5.74, 6) is 0.908. The van der Waals surface area contributed by atoms with E-state index < -0.39 is 0 Å². The minimum atomic E-state index is -0.222. The lowest BCUT2D eigenvalue weighted by molar-refractivity contribution is -0.127. The molecule has 0 aromatic rings. The Morgan fingerprint density at radius 3 is 2.78 bits per heavy atom. The molecule has 3 heteroatoms. The van der Waals surface area contributed by atoms with Crippen LogP contribution in [0.2, 0.25) is 0 Å². The van der Waals surface area contributed by atoms with Crippen LogP contribution in [0.4, 0.5) is 0 Å². The maximum atomic E-state index is 11.8. The first kappa shape index (κ1) is 15.0. The number of amides is 1. The molecule has 1 aliphatic heterocycles. The van der Waals surface area contributed by atoms with Crippen molar-refractivity contribution in [2.45, 2.75) is 59.3 Å². The van der Waals surface area contributed by atoms with Gasteiger partial charge in [-0.2, -0.15) is 5.26 Å². The summed E-state index contributed by atoms with van der Waals surface area (Å²) in [4.78, 5) is 13.8. The van der Waals surface area contributed by atoms with E-state index in [1.807, 2.05) is 18.7 Å². The molecule has 3 nitrogen and oxygen atoms in total. The van der Waals surface area contributed by atoms with Crippen molar-refractivity contribution in [3.05, 3.63) is 0 Å². The average molecular weight is 250 g/mol. The highest BCUT2D eigenvalue weighted by atomic mass is 16.2. The number of hydrogen-bond donors (Lipinski definition) is 0. The molecule has 0 aromatic heterocycles. The monoisotopic (exact) mass is 250 g/mol. The average Bonchev–Trinajstić information content (AvgIpc) is 2.66. The summed E-state index contributed by atoms with van der Waals surface area (Å²) in [6.07, 6.45) is 6.06. The third kappa shape index (κ3) is 4.68. The Labute approximate surface area is 111 Å². The van der Waals surface area contributed by atoms with Gasteiger partial charge in [0.15, 0.2) is 0 Å². The molecule has 0 bridgehead atoms. The van der Waals surface area contributed by atoms with Gasteiger partial charge < -0.3 is 4.90 Å². The van der Waals surface area contributed by atoms with E-state index in [0.29, 0.717) is 11.8 Å². The van der Waals surface area contributed by atoms with E-state index in [0.717, 1.165) is 38.8 Å². The van der Waals surface area contributed by atoms with Crippen molar-refractivity contribution < 1.29 is 4.79 Å². The molecule has 0 saturated carbocycles. The minimum absolute atomic E-state index is 0.222. The molecule has 1 atom stereocenters. The summed E-state index contributed by atoms with van der Waals surface area (Å²) in [6, 6.07) is 2.32. The number of carbonyl (C=O) groups is 1. The van der Waals surface area contributed by atoms with E-state index in [9.17, 15) is 4.79 Å². The van der Waals surface area contributed by atoms with E-state index in [1.54, 1.807) is 0 Å². The van der Waals surface area contributed by atoms with Gasteiger partial charge in [0.2, 0.25) is 5.91 Å². The predicted molar refractivity (Wildman–Crippen MR) is 72.8 cm³/mol. The molecule has 1 saturated heterocycles. The highest BCUT2D eigenvalue weighted by Crippen LogP contribution is 2.24. The summed E-state index contributed by atoms with van der Waals surface area (Å²) in [7, 11) is 0. The Kier molecular flexibility index (Phi) is 5.65. The molecule has 18 heavy (non-hydrogen) atoms. The standard InChI is InChI=1S/C15H26N2O/c1-4-7-13-10-14(18)17(11-13)9-6-5-8-15(2,3)12-16/h13H,4-11H2,1-3H3. The molecular weight excluding hydrogens is 224 g/mol. The molecule has 1 unspecified atom stereocenters. The minimum Gasteiger partial charge on any atom is -0.342 e. The van der Waals surface area contributed by atoms with Crippen molar-refractivity contribution in [1.82, 2.24) is 4.90 Å². The van der Waals surface area contributed by atoms with Crippen LogP contribution in [0.1, 0.15) is 59.3 Å². The molecule has 1 fully saturated rings. The zero-order valence-electron chi connectivity index (χ0n) is 12.0. The number of nitrogens with zero attached hydrogens (tertiary/aromatic N) is 2. The van der Waals surface area contributed by atoms with Gasteiger partial charge in [0, 0.05) is 19.5 Å². The normalized spacial score (nSPS) is 20.2. The molecule has 0 spiro atoms. The van der Waals surface area contributed by atoms with Gasteiger partial charge in [-0.05, 0) is 39.0 Å². The van der Waals surface area contributed by atoms with Gasteiger partial charge in [-0.1, -0.05) is 19.8 Å². The number of rotatable bonds is 7. The van der Waals surface area contributed by atoms with Gasteiger partial charge in [-0.3, -0.25) is 4.79 Å². The Bertz CT molecular complexity index is 317. The second kappa shape index (κ2) is 6.78. The van der Waals surface area contributed by atoms with Crippen LogP contribution in [0.25, 0.3) is 0 Å². The summed E-state index contributed by atoms with van der Waals surface area (Å²) in [5.41, 5.74) is -0.222. The van der Waals surface area contributed by atoms with Crippen LogP contribution in [-0.4, -0.2) is 23.9 Å². The van der Waals surface area contributed by atoms with Crippen LogP contribution in [0.5, 0.6) is 0 Å². The van der Waals surface area contributed by atoms with Gasteiger partial charge in [0.25, 0.3) is 0 Å². The smallest absolute Gasteiger partial charge is 0.222 e. The molecule has 0 aromatic carbocycles. The van der Waals surface area contributed by atoms with Crippen LogP contribution < -0.4 is 0 Å². The molecule has 0 radical (unpaired) electrons. The van der Waals surface area contributed by atoms with Crippen molar-refractivity contribution in [2.24, 2.45) is 11.3 Å². The number of likely N-dealkylation sites (tertiary alicyclic amines) is 1. The van der Waals surface area contributed by atoms with Crippen LogP contribution in [0, 0.1) is 22.7 Å². The van der Waals surface area contributed by atoms with Crippen molar-refractivity contribution in [3.63, 3.8) is 0 Å². The van der Waals surface area contributed by atoms with Gasteiger partial charge in [-0.25, -0.2) is 0 Å². The fourth-order valence-electron chi connectivity index (χ4n) is 2.60. The Hall–Kier alpha value is -1.04. The Balaban J connectivity index is 2.21. The highest BCUT2D eigenvalue weighted by Gasteiger charge is 2.28. The van der Waals surface area contributed by atoms with E-state index in [-0.39, 0.29) is 5.41 Å². The van der Waals surface area contributed by atoms with Gasteiger partial charge in [0.05, 0.1) is 11.5 Å². The third-order valence-electron chi connectivity index (χ3n) is 3.77. The second-order valence-electron chi connectivity index (χ2n) is 6.15. The lowest BCUT2D eigenvalue weighted by Crippen LogP contribution is -2.26. The summed E-state index contributed by atoms with van der Waals surface area (Å²) in [5, 5.41) is 8.93. The quantitative estimate of drug-likeness (QED) is 0.650. The van der Waals surface area contributed by atoms with E-state index in [4.69, 9.17) is 5.26 Å². The first-order chi connectivity index (χ1) is 8.48. The molecule has 102 valence electrons. The molecule has 1 rings (SSSR count). The van der Waals surface area contributed by atoms with Crippen molar-refractivity contribution >= 4 is 5.91 Å². The van der Waals surface area contributed by atoms with E-state index in [1.165, 1.54) is 12.8 Å². The van der Waals surface area contributed by atoms with Crippen LogP contribution in [-0.2, 0) is 4.79 Å². The maximum absolute atomic E-state index is 11.8. The van der Waals surface area contributed by atoms with E-state index >= 15 is 0 Å². The third-order valence-corrected chi connectivity index (χ3v) is 3.77. The molecular formula is C15H26N2O. The molecule has 1 amide bonds. The Morgan fingerprint density at radius 1 is 1.44 bits per heavy atom. The van der Waals surface area contributed by atoms with E-state index in [2.05, 4.69) is 13.0 Å². The molecule has 0 N–H and O–H groups in total. The predicted octanol–water partition coefficient (Wildman–Crippen LogP) is 3.36. The van der Waals surface area contributed by atoms with Gasteiger partial charge in [-0.15, -0.1) is 0 Å². The summed E-state index contributed by atoms with van der Waals surface area (Å²) < 4.78 is 0. The topological polar surface area (TPSA) is 44.1 Å². The lowest BCUT2D eigenvalue weighted by atomic mass is 9.89. The Morgan fingerprint density at radius 2 is 2.17 bits per heavy atom. The van der Waals surface area contributed by atoms with Crippen LogP contribution in [0.15, 0.2) is 0 Å². The maximum Gasteiger partial charge on any atom is 0.222 e. The van der Waals surface area contributed by atoms with Gasteiger partial charge in [0.1, 0.15) is 0 Å². The first-order valence-electron chi connectivity index (χ1n) is 7.17. The largest absolute Gasteiger partial charge is 0.342 e. The molecule has 1 aliphatic rings. The number of hydrogen-bond acceptors (Lipinski definition) is 2. The number of carbonyl (C=O) groups excluding carboxylic acids is 1. The molecule has 0 aliphatic carbocycles. The first-order valence-corrected chi connectivity index (χ1v) is 7.17. The molecule has 1 heterocycles. The fourth-order valence-corrected chi connectivity index (χ4v) is 2.60. The van der Waals surface area contributed by atoms with Gasteiger partial charge >= 0.3 is 0 Å². The fraction of sp³-hybridized carbons (Fsp3) is 0.867. The SMILES string of the molecule is CCCC1CC(=O)N(CCCCC(C)(C)C#N)C1. The second-order valence-corrected chi connectivity index (χ2v) is 6.15. The zero-order valence-corrected chi connectivity index (χ0v) is 12.0. The van der Waals surface area contributed by atoms with Crippen LogP contribution >= 0.6 is 0 Å². The zero-order chi connectivity index (χ0) is 13.6. The number of unbranched alkanes of at least 4 members (excludes halogenated alkanes) is 1. The van der Waals surface area contributed by atoms with Crippen LogP contribution in [0.3, 0.4) is 0 Å². The summed E-state index contributed by atoms with van der Waals surface area (Å²) in [6.45, 7) is 7.96. The lowest BCUT2D eigenvalue weighted by Gasteiger charge is -2.18. The summed E-state index contributed by atoms with van der Waals surface area (Å²) >= 11 is 0. The van der Waals surface area contributed by atoms with Crippen molar-refractivity contribution in [3.8, 4) is 6.07 Å².